The van der Waals surface area contributed by atoms with E-state index in [2.05, 4.69) is 9.38 Å². The fourth-order valence-electron chi connectivity index (χ4n) is 3.27. The molecule has 0 bridgehead atoms. The third-order valence-electron chi connectivity index (χ3n) is 5.17. The lowest BCUT2D eigenvalue weighted by Gasteiger charge is -2.13. The van der Waals surface area contributed by atoms with E-state index in [0.717, 1.165) is 17.0 Å². The molecule has 3 rings (SSSR count). The number of rotatable bonds is 9. The fraction of sp³-hybridized carbons (Fsp3) is 0.409. The SMILES string of the molecule is CCOC(=O)CCCCSc1sc(C)c(C)n2c(=O)[nH]/c(=N\S(=O)(=O)c3ccc(C(F)(F)F)cc3)c1-2. The van der Waals surface area contributed by atoms with Crippen LogP contribution in [0.15, 0.2) is 42.6 Å². The van der Waals surface area contributed by atoms with Crippen LogP contribution in [0.1, 0.15) is 42.3 Å². The molecule has 2 aliphatic rings. The normalized spacial score (nSPS) is 12.9. The van der Waals surface area contributed by atoms with E-state index in [0.29, 0.717) is 47.2 Å². The van der Waals surface area contributed by atoms with Crippen LogP contribution in [0.5, 0.6) is 0 Å². The van der Waals surface area contributed by atoms with Crippen LogP contribution in [0, 0.1) is 13.8 Å². The number of fused-ring (bicyclic) bond motifs is 1. The molecule has 0 fully saturated rings. The summed E-state index contributed by atoms with van der Waals surface area (Å²) in [7, 11) is -4.42. The number of carbonyl (C=O) groups excluding carboxylic acids is 1. The first kappa shape index (κ1) is 28.0. The number of nitrogens with one attached hydrogen (secondary N) is 1. The van der Waals surface area contributed by atoms with Crippen LogP contribution in [-0.2, 0) is 25.7 Å². The van der Waals surface area contributed by atoms with Crippen molar-refractivity contribution < 1.29 is 31.1 Å². The van der Waals surface area contributed by atoms with Crippen LogP contribution in [0.4, 0.5) is 13.2 Å². The second kappa shape index (κ2) is 11.2. The summed E-state index contributed by atoms with van der Waals surface area (Å²) in [6, 6.07) is 2.98. The van der Waals surface area contributed by atoms with Gasteiger partial charge in [0.1, 0.15) is 5.69 Å². The molecule has 2 heterocycles. The largest absolute Gasteiger partial charge is 0.466 e. The van der Waals surface area contributed by atoms with Gasteiger partial charge < -0.3 is 4.74 Å². The minimum atomic E-state index is -4.61. The van der Waals surface area contributed by atoms with Crippen LogP contribution in [0.3, 0.4) is 0 Å². The first-order valence-corrected chi connectivity index (χ1v) is 14.1. The van der Waals surface area contributed by atoms with Gasteiger partial charge in [-0.3, -0.25) is 14.3 Å². The van der Waals surface area contributed by atoms with E-state index in [9.17, 15) is 31.2 Å². The van der Waals surface area contributed by atoms with Crippen molar-refractivity contribution in [3.63, 3.8) is 0 Å². The molecule has 8 nitrogen and oxygen atoms in total. The number of alkyl halides is 3. The lowest BCUT2D eigenvalue weighted by atomic mass is 10.2. The molecule has 0 radical (unpaired) electrons. The van der Waals surface area contributed by atoms with Crippen molar-refractivity contribution in [3.8, 4) is 5.69 Å². The molecular weight excluding hydrogens is 539 g/mol. The molecule has 0 saturated carbocycles. The highest BCUT2D eigenvalue weighted by Gasteiger charge is 2.31. The Hall–Kier alpha value is -2.58. The average molecular weight is 564 g/mol. The van der Waals surface area contributed by atoms with Crippen molar-refractivity contribution in [2.75, 3.05) is 12.4 Å². The summed E-state index contributed by atoms with van der Waals surface area (Å²) in [5, 5.41) is 0. The smallest absolute Gasteiger partial charge is 0.416 e. The van der Waals surface area contributed by atoms with Gasteiger partial charge in [0, 0.05) is 17.0 Å². The number of esters is 1. The molecule has 196 valence electrons. The summed E-state index contributed by atoms with van der Waals surface area (Å²) in [6.45, 7) is 5.61. The first-order valence-electron chi connectivity index (χ1n) is 10.9. The van der Waals surface area contributed by atoms with Crippen LogP contribution >= 0.6 is 23.1 Å². The van der Waals surface area contributed by atoms with Gasteiger partial charge in [0.05, 0.1) is 21.3 Å². The number of H-pyrrole nitrogens is 1. The maximum absolute atomic E-state index is 12.9. The zero-order valence-electron chi connectivity index (χ0n) is 19.6. The molecule has 0 aliphatic carbocycles. The number of hydrogen-bond donors (Lipinski definition) is 1. The zero-order valence-corrected chi connectivity index (χ0v) is 22.1. The maximum Gasteiger partial charge on any atom is 0.416 e. The number of benzene rings is 1. The topological polar surface area (TPSA) is 111 Å². The number of nitrogens with zero attached hydrogens (tertiary/aromatic N) is 2. The summed E-state index contributed by atoms with van der Waals surface area (Å²) < 4.78 is 74.9. The highest BCUT2D eigenvalue weighted by atomic mass is 32.2. The van der Waals surface area contributed by atoms with E-state index < -0.39 is 32.3 Å². The number of aromatic amines is 1. The molecule has 1 N–H and O–H groups in total. The van der Waals surface area contributed by atoms with E-state index in [1.165, 1.54) is 27.7 Å². The molecule has 0 amide bonds. The second-order valence-electron chi connectivity index (χ2n) is 7.69. The van der Waals surface area contributed by atoms with E-state index in [1.54, 1.807) is 13.8 Å². The predicted molar refractivity (Wildman–Crippen MR) is 130 cm³/mol. The van der Waals surface area contributed by atoms with Crippen molar-refractivity contribution in [3.05, 3.63) is 56.4 Å². The minimum absolute atomic E-state index is 0.201. The van der Waals surface area contributed by atoms with Crippen LogP contribution in [0.2, 0.25) is 0 Å². The van der Waals surface area contributed by atoms with Gasteiger partial charge in [0.25, 0.3) is 10.0 Å². The van der Waals surface area contributed by atoms with Crippen molar-refractivity contribution >= 4 is 39.1 Å². The Morgan fingerprint density at radius 2 is 1.86 bits per heavy atom. The summed E-state index contributed by atoms with van der Waals surface area (Å²) in [5.41, 5.74) is -0.883. The number of aryl methyl sites for hydroxylation is 1. The molecule has 0 spiro atoms. The van der Waals surface area contributed by atoms with Gasteiger partial charge >= 0.3 is 17.8 Å². The number of carbonyl (C=O) groups is 1. The van der Waals surface area contributed by atoms with Crippen LogP contribution in [-0.4, -0.2) is 36.3 Å². The molecule has 1 aromatic carbocycles. The molecule has 0 saturated heterocycles. The fourth-order valence-corrected chi connectivity index (χ4v) is 6.75. The van der Waals surface area contributed by atoms with Crippen molar-refractivity contribution in [1.82, 2.24) is 9.55 Å². The number of sulfonamides is 1. The lowest BCUT2D eigenvalue weighted by Crippen LogP contribution is -2.17. The number of thioether (sulfide) groups is 1. The second-order valence-corrected chi connectivity index (χ2v) is 11.9. The molecule has 1 aromatic rings. The maximum atomic E-state index is 12.9. The Kier molecular flexibility index (Phi) is 8.72. The van der Waals surface area contributed by atoms with Gasteiger partial charge in [-0.05, 0) is 63.6 Å². The molecule has 14 heteroatoms. The van der Waals surface area contributed by atoms with E-state index in [4.69, 9.17) is 4.74 Å². The van der Waals surface area contributed by atoms with Crippen molar-refractivity contribution in [1.29, 1.82) is 0 Å². The number of halogens is 3. The van der Waals surface area contributed by atoms with Gasteiger partial charge in [-0.25, -0.2) is 4.79 Å². The van der Waals surface area contributed by atoms with Gasteiger partial charge in [0.2, 0.25) is 0 Å². The van der Waals surface area contributed by atoms with Crippen molar-refractivity contribution in [2.24, 2.45) is 4.40 Å². The summed E-state index contributed by atoms with van der Waals surface area (Å²) >= 11 is 2.77. The summed E-state index contributed by atoms with van der Waals surface area (Å²) in [4.78, 5) is 27.1. The number of unbranched alkanes of at least 4 members (excludes halogenated alkanes) is 1. The van der Waals surface area contributed by atoms with Gasteiger partial charge in [-0.1, -0.05) is 0 Å². The van der Waals surface area contributed by atoms with E-state index in [1.807, 2.05) is 6.92 Å². The number of imidazole rings is 1. The Balaban J connectivity index is 1.96. The minimum Gasteiger partial charge on any atom is -0.466 e. The molecule has 0 atom stereocenters. The third kappa shape index (κ3) is 6.40. The van der Waals surface area contributed by atoms with Gasteiger partial charge in [-0.15, -0.1) is 27.5 Å². The Labute approximate surface area is 213 Å². The predicted octanol–water partition coefficient (Wildman–Crippen LogP) is 4.42. The first-order chi connectivity index (χ1) is 16.8. The van der Waals surface area contributed by atoms with Gasteiger partial charge in [-0.2, -0.15) is 21.6 Å². The number of hydrogen-bond acceptors (Lipinski definition) is 7. The van der Waals surface area contributed by atoms with E-state index >= 15 is 0 Å². The lowest BCUT2D eigenvalue weighted by molar-refractivity contribution is -0.143. The molecule has 0 aromatic heterocycles. The van der Waals surface area contributed by atoms with E-state index in [-0.39, 0.29) is 23.6 Å². The Morgan fingerprint density at radius 1 is 1.19 bits per heavy atom. The molecule has 2 aliphatic heterocycles. The Bertz CT molecular complexity index is 1440. The molecular formula is C22H24F3N3O5S3. The molecule has 0 unspecified atom stereocenters. The molecule has 36 heavy (non-hydrogen) atoms. The quantitative estimate of drug-likeness (QED) is 0.235. The highest BCUT2D eigenvalue weighted by Crippen LogP contribution is 2.33. The Morgan fingerprint density at radius 3 is 2.47 bits per heavy atom. The number of aromatic nitrogens is 2. The standard InChI is InChI=1S/C22H24F3N3O5S3/c1-4-33-17(29)7-5-6-12-34-20-18-19(26-21(30)28(18)13(2)14(3)35-20)27-36(31,32)16-10-8-15(9-11-16)22(23,24)25/h8-11H,4-7,12H2,1-3H3,(H,26,27,30). The van der Waals surface area contributed by atoms with Crippen LogP contribution in [0.25, 0.3) is 5.69 Å². The monoisotopic (exact) mass is 563 g/mol. The highest BCUT2D eigenvalue weighted by molar-refractivity contribution is 8.01. The van der Waals surface area contributed by atoms with Crippen LogP contribution < -0.4 is 11.2 Å². The summed E-state index contributed by atoms with van der Waals surface area (Å²) in [6.07, 6.45) is -3.03. The average Bonchev–Trinajstić information content (AvgIpc) is 3.11. The zero-order chi connectivity index (χ0) is 26.7. The van der Waals surface area contributed by atoms with Gasteiger partial charge in [0.15, 0.2) is 5.49 Å². The summed E-state index contributed by atoms with van der Waals surface area (Å²) in [5.74, 6) is 0.323. The third-order valence-corrected chi connectivity index (χ3v) is 8.99. The number of ether oxygens (including phenoxy) is 1. The van der Waals surface area contributed by atoms with Crippen molar-refractivity contribution in [2.45, 2.75) is 55.3 Å².